The molecule has 2 aromatic heterocycles. The summed E-state index contributed by atoms with van der Waals surface area (Å²) in [5.41, 5.74) is 2.14. The predicted octanol–water partition coefficient (Wildman–Crippen LogP) is 3.04. The van der Waals surface area contributed by atoms with Crippen LogP contribution < -0.4 is 10.9 Å². The minimum absolute atomic E-state index is 0.0989. The van der Waals surface area contributed by atoms with E-state index in [0.29, 0.717) is 10.9 Å². The SMILES string of the molecule is CCCCO[C@@H]1CCC[C@@H](NC(=O)c2cn(C)c3c(C)cn(C)c(=O)c23)C1. The van der Waals surface area contributed by atoms with Crippen molar-refractivity contribution in [3.8, 4) is 0 Å². The lowest BCUT2D eigenvalue weighted by Crippen LogP contribution is -2.40. The van der Waals surface area contributed by atoms with Crippen LogP contribution in [0.25, 0.3) is 10.9 Å². The minimum Gasteiger partial charge on any atom is -0.378 e. The van der Waals surface area contributed by atoms with E-state index in [4.69, 9.17) is 4.74 Å². The van der Waals surface area contributed by atoms with Gasteiger partial charge in [0.1, 0.15) is 0 Å². The fourth-order valence-corrected chi connectivity index (χ4v) is 4.16. The summed E-state index contributed by atoms with van der Waals surface area (Å²) in [6.45, 7) is 4.91. The summed E-state index contributed by atoms with van der Waals surface area (Å²) in [7, 11) is 3.60. The Hall–Kier alpha value is -2.08. The maximum atomic E-state index is 13.0. The van der Waals surface area contributed by atoms with E-state index in [9.17, 15) is 9.59 Å². The number of carbonyl (C=O) groups excluding carboxylic acids is 1. The van der Waals surface area contributed by atoms with Crippen LogP contribution in [0.15, 0.2) is 17.2 Å². The molecule has 2 heterocycles. The summed E-state index contributed by atoms with van der Waals surface area (Å²) < 4.78 is 9.38. The Morgan fingerprint density at radius 2 is 2.04 bits per heavy atom. The van der Waals surface area contributed by atoms with Crippen molar-refractivity contribution in [1.29, 1.82) is 0 Å². The lowest BCUT2D eigenvalue weighted by atomic mass is 9.92. The Bertz CT molecular complexity index is 881. The van der Waals surface area contributed by atoms with Gasteiger partial charge in [-0.05, 0) is 44.6 Å². The number of nitrogens with one attached hydrogen (secondary N) is 1. The molecule has 0 aliphatic heterocycles. The van der Waals surface area contributed by atoms with E-state index >= 15 is 0 Å². The van der Waals surface area contributed by atoms with Crippen molar-refractivity contribution in [2.75, 3.05) is 6.61 Å². The van der Waals surface area contributed by atoms with Gasteiger partial charge in [-0.1, -0.05) is 13.3 Å². The molecular weight excluding hydrogens is 342 g/mol. The highest BCUT2D eigenvalue weighted by atomic mass is 16.5. The van der Waals surface area contributed by atoms with Gasteiger partial charge in [0.05, 0.1) is 22.6 Å². The number of pyridine rings is 1. The summed E-state index contributed by atoms with van der Waals surface area (Å²) in [6, 6.07) is 0.0989. The van der Waals surface area contributed by atoms with E-state index < -0.39 is 0 Å². The number of hydrogen-bond donors (Lipinski definition) is 1. The van der Waals surface area contributed by atoms with E-state index in [0.717, 1.165) is 56.2 Å². The van der Waals surface area contributed by atoms with Crippen molar-refractivity contribution < 1.29 is 9.53 Å². The molecule has 1 aliphatic carbocycles. The van der Waals surface area contributed by atoms with E-state index in [1.807, 2.05) is 24.7 Å². The number of hydrogen-bond acceptors (Lipinski definition) is 3. The number of carbonyl (C=O) groups is 1. The molecule has 1 fully saturated rings. The largest absolute Gasteiger partial charge is 0.378 e. The fourth-order valence-electron chi connectivity index (χ4n) is 4.16. The molecule has 2 aromatic rings. The number of rotatable bonds is 6. The first-order chi connectivity index (χ1) is 12.9. The molecule has 148 valence electrons. The normalized spacial score (nSPS) is 20.1. The second-order valence-corrected chi connectivity index (χ2v) is 7.79. The maximum absolute atomic E-state index is 13.0. The molecule has 27 heavy (non-hydrogen) atoms. The Kier molecular flexibility index (Phi) is 6.05. The number of nitrogens with zero attached hydrogens (tertiary/aromatic N) is 2. The maximum Gasteiger partial charge on any atom is 0.260 e. The van der Waals surface area contributed by atoms with Crippen molar-refractivity contribution in [2.24, 2.45) is 14.1 Å². The molecule has 1 saturated carbocycles. The average Bonchev–Trinajstić information content (AvgIpc) is 2.98. The van der Waals surface area contributed by atoms with Crippen molar-refractivity contribution >= 4 is 16.8 Å². The molecule has 0 bridgehead atoms. The lowest BCUT2D eigenvalue weighted by Gasteiger charge is -2.29. The Morgan fingerprint density at radius 1 is 1.26 bits per heavy atom. The van der Waals surface area contributed by atoms with Crippen LogP contribution in [0.5, 0.6) is 0 Å². The summed E-state index contributed by atoms with van der Waals surface area (Å²) in [5.74, 6) is -0.164. The van der Waals surface area contributed by atoms with Gasteiger partial charge in [-0.15, -0.1) is 0 Å². The lowest BCUT2D eigenvalue weighted by molar-refractivity contribution is 0.0183. The van der Waals surface area contributed by atoms with Crippen molar-refractivity contribution in [3.05, 3.63) is 33.9 Å². The van der Waals surface area contributed by atoms with Gasteiger partial charge < -0.3 is 19.2 Å². The predicted molar refractivity (Wildman–Crippen MR) is 107 cm³/mol. The highest BCUT2D eigenvalue weighted by Gasteiger charge is 2.26. The molecule has 6 heteroatoms. The van der Waals surface area contributed by atoms with Gasteiger partial charge in [0.25, 0.3) is 11.5 Å². The van der Waals surface area contributed by atoms with Gasteiger partial charge in [-0.25, -0.2) is 0 Å². The van der Waals surface area contributed by atoms with Gasteiger partial charge in [-0.3, -0.25) is 9.59 Å². The van der Waals surface area contributed by atoms with Crippen LogP contribution in [0.2, 0.25) is 0 Å². The molecule has 1 aliphatic rings. The number of aromatic nitrogens is 2. The van der Waals surface area contributed by atoms with E-state index in [1.54, 1.807) is 17.8 Å². The highest BCUT2D eigenvalue weighted by molar-refractivity contribution is 6.07. The number of amides is 1. The summed E-state index contributed by atoms with van der Waals surface area (Å²) in [6.07, 6.45) is 9.92. The fraction of sp³-hybridized carbons (Fsp3) is 0.619. The Labute approximate surface area is 160 Å². The van der Waals surface area contributed by atoms with Crippen LogP contribution in [0.1, 0.15) is 61.4 Å². The standard InChI is InChI=1S/C21H31N3O3/c1-5-6-10-27-16-9-7-8-15(11-16)22-20(25)17-13-23(3)19-14(2)12-24(4)21(26)18(17)19/h12-13,15-16H,5-11H2,1-4H3,(H,22,25)/t15-,16-/m1/s1. The first-order valence-electron chi connectivity index (χ1n) is 10.00. The van der Waals surface area contributed by atoms with Crippen LogP contribution in [-0.4, -0.2) is 33.8 Å². The third kappa shape index (κ3) is 4.10. The van der Waals surface area contributed by atoms with Crippen molar-refractivity contribution in [3.63, 3.8) is 0 Å². The van der Waals surface area contributed by atoms with Gasteiger partial charge in [-0.2, -0.15) is 0 Å². The molecule has 6 nitrogen and oxygen atoms in total. The van der Waals surface area contributed by atoms with Crippen LogP contribution in [0.3, 0.4) is 0 Å². The van der Waals surface area contributed by atoms with Crippen LogP contribution in [0.4, 0.5) is 0 Å². The van der Waals surface area contributed by atoms with E-state index in [-0.39, 0.29) is 23.6 Å². The molecule has 3 rings (SSSR count). The number of fused-ring (bicyclic) bond motifs is 1. The quantitative estimate of drug-likeness (QED) is 0.792. The zero-order valence-electron chi connectivity index (χ0n) is 16.9. The molecular formula is C21H31N3O3. The van der Waals surface area contributed by atoms with Gasteiger partial charge >= 0.3 is 0 Å². The third-order valence-electron chi connectivity index (χ3n) is 5.53. The number of unbranched alkanes of at least 4 members (excludes halogenated alkanes) is 1. The van der Waals surface area contributed by atoms with Crippen LogP contribution in [0, 0.1) is 6.92 Å². The van der Waals surface area contributed by atoms with Crippen molar-refractivity contribution in [1.82, 2.24) is 14.5 Å². The topological polar surface area (TPSA) is 65.3 Å². The van der Waals surface area contributed by atoms with E-state index in [2.05, 4.69) is 12.2 Å². The highest BCUT2D eigenvalue weighted by Crippen LogP contribution is 2.24. The molecule has 0 aromatic carbocycles. The Balaban J connectivity index is 1.78. The smallest absolute Gasteiger partial charge is 0.260 e. The monoisotopic (exact) mass is 373 g/mol. The number of aryl methyl sites for hydroxylation is 3. The third-order valence-corrected chi connectivity index (χ3v) is 5.53. The second-order valence-electron chi connectivity index (χ2n) is 7.79. The molecule has 1 amide bonds. The molecule has 0 saturated heterocycles. The van der Waals surface area contributed by atoms with Crippen LogP contribution in [-0.2, 0) is 18.8 Å². The first-order valence-corrected chi connectivity index (χ1v) is 10.00. The first kappa shape index (κ1) is 19.7. The zero-order valence-corrected chi connectivity index (χ0v) is 16.9. The molecule has 1 N–H and O–H groups in total. The van der Waals surface area contributed by atoms with Crippen LogP contribution >= 0.6 is 0 Å². The van der Waals surface area contributed by atoms with Gasteiger partial charge in [0.15, 0.2) is 0 Å². The Morgan fingerprint density at radius 3 is 2.78 bits per heavy atom. The average molecular weight is 373 g/mol. The second kappa shape index (κ2) is 8.30. The summed E-state index contributed by atoms with van der Waals surface area (Å²) >= 11 is 0. The van der Waals surface area contributed by atoms with Gasteiger partial charge in [0.2, 0.25) is 0 Å². The molecule has 2 atom stereocenters. The molecule has 0 unspecified atom stereocenters. The zero-order chi connectivity index (χ0) is 19.6. The molecule has 0 spiro atoms. The van der Waals surface area contributed by atoms with Gasteiger partial charge in [0, 0.05) is 39.1 Å². The van der Waals surface area contributed by atoms with E-state index in [1.165, 1.54) is 0 Å². The minimum atomic E-state index is -0.164. The van der Waals surface area contributed by atoms with Crippen molar-refractivity contribution in [2.45, 2.75) is 64.5 Å². The number of ether oxygens (including phenoxy) is 1. The molecule has 0 radical (unpaired) electrons. The summed E-state index contributed by atoms with van der Waals surface area (Å²) in [4.78, 5) is 25.6. The summed E-state index contributed by atoms with van der Waals surface area (Å²) in [5, 5.41) is 3.65.